The Morgan fingerprint density at radius 2 is 1.11 bits per heavy atom. The van der Waals surface area contributed by atoms with Gasteiger partial charge in [-0.1, -0.05) is 0 Å². The fourth-order valence-corrected chi connectivity index (χ4v) is 0.858. The van der Waals surface area contributed by atoms with E-state index in [0.717, 1.165) is 0 Å². The largest absolute Gasteiger partial charge is 1.00 e. The molecule has 18 heavy (non-hydrogen) atoms. The molecule has 0 aliphatic rings. The van der Waals surface area contributed by atoms with Crippen molar-refractivity contribution in [3.05, 3.63) is 29.1 Å². The molecule has 10 heteroatoms. The summed E-state index contributed by atoms with van der Waals surface area (Å²) in [5.41, 5.74) is -2.24. The van der Waals surface area contributed by atoms with Crippen molar-refractivity contribution in [1.29, 1.82) is 0 Å². The van der Waals surface area contributed by atoms with E-state index in [1.165, 1.54) is 0 Å². The summed E-state index contributed by atoms with van der Waals surface area (Å²) in [6, 6.07) is 1.27. The van der Waals surface area contributed by atoms with Gasteiger partial charge in [0.05, 0.1) is 29.3 Å². The van der Waals surface area contributed by atoms with Gasteiger partial charge in [0.2, 0.25) is 0 Å². The van der Waals surface area contributed by atoms with Gasteiger partial charge in [-0.15, -0.1) is 0 Å². The first-order valence-electron chi connectivity index (χ1n) is 3.58. The number of rotatable bonds is 3. The van der Waals surface area contributed by atoms with Crippen LogP contribution in [0.2, 0.25) is 0 Å². The van der Waals surface area contributed by atoms with Gasteiger partial charge in [0.1, 0.15) is 0 Å². The third-order valence-electron chi connectivity index (χ3n) is 1.48. The molecule has 0 radical (unpaired) electrons. The first-order valence-corrected chi connectivity index (χ1v) is 3.58. The second kappa shape index (κ2) is 10.4. The van der Waals surface area contributed by atoms with E-state index in [0.29, 0.717) is 12.1 Å². The topological polar surface area (TPSA) is 133 Å². The van der Waals surface area contributed by atoms with Gasteiger partial charge in [0.15, 0.2) is 0 Å². The van der Waals surface area contributed by atoms with Crippen LogP contribution >= 0.6 is 0 Å². The van der Waals surface area contributed by atoms with Crippen LogP contribution in [0.25, 0.3) is 0 Å². The van der Waals surface area contributed by atoms with Gasteiger partial charge >= 0.3 is 88.7 Å². The van der Waals surface area contributed by atoms with Crippen LogP contribution in [0.15, 0.2) is 12.1 Å². The number of aromatic carboxylic acids is 3. The Kier molecular flexibility index (Phi) is 13.6. The number of hydrogen-bond acceptors (Lipinski definition) is 7. The maximum Gasteiger partial charge on any atom is 1.00 e. The summed E-state index contributed by atoms with van der Waals surface area (Å²) in [7, 11) is 0. The van der Waals surface area contributed by atoms with Crippen LogP contribution in [0.4, 0.5) is 0 Å². The molecule has 0 saturated heterocycles. The Morgan fingerprint density at radius 3 is 1.33 bits per heavy atom. The Morgan fingerprint density at radius 1 is 0.778 bits per heavy atom. The molecule has 78 valence electrons. The van der Waals surface area contributed by atoms with Gasteiger partial charge in [0.25, 0.3) is 0 Å². The molecule has 1 rings (SSSR count). The fraction of sp³-hybridized carbons (Fsp3) is 0. The first kappa shape index (κ1) is 23.6. The fourth-order valence-electron chi connectivity index (χ4n) is 0.858. The molecule has 1 aromatic rings. The zero-order chi connectivity index (χ0) is 11.6. The van der Waals surface area contributed by atoms with Crippen molar-refractivity contribution in [2.24, 2.45) is 0 Å². The smallest absolute Gasteiger partial charge is 0.545 e. The number of carbonyl (C=O) groups excluding carboxylic acids is 3. The minimum absolute atomic E-state index is 0. The minimum atomic E-state index is -1.79. The maximum absolute atomic E-state index is 10.4. The van der Waals surface area contributed by atoms with E-state index in [1.54, 1.807) is 0 Å². The number of carbonyl (C=O) groups is 3. The minimum Gasteiger partial charge on any atom is -0.545 e. The summed E-state index contributed by atoms with van der Waals surface area (Å²) in [5.74, 6) is -5.30. The quantitative estimate of drug-likeness (QED) is 0.501. The third-order valence-corrected chi connectivity index (χ3v) is 1.48. The Hall–Kier alpha value is 0.560. The second-order valence-electron chi connectivity index (χ2n) is 2.49. The Labute approximate surface area is 168 Å². The monoisotopic (exact) mass is 277 g/mol. The molecule has 0 aliphatic heterocycles. The molecule has 0 bridgehead atoms. The van der Waals surface area contributed by atoms with Crippen molar-refractivity contribution < 1.29 is 118 Å². The van der Waals surface area contributed by atoms with E-state index in [-0.39, 0.29) is 88.7 Å². The predicted octanol–water partition coefficient (Wildman–Crippen LogP) is -12.8. The molecule has 0 aromatic carbocycles. The van der Waals surface area contributed by atoms with Crippen LogP contribution in [-0.4, -0.2) is 22.9 Å². The maximum atomic E-state index is 10.4. The van der Waals surface area contributed by atoms with E-state index in [1.807, 2.05) is 0 Å². The molecule has 0 saturated carbocycles. The van der Waals surface area contributed by atoms with Crippen molar-refractivity contribution in [2.45, 2.75) is 0 Å². The SMILES string of the molecule is O=C([O-])c1cc(C(=O)[O-])nc(C(=O)[O-])c1.[Na+].[Na+].[Na+]. The molecule has 0 N–H and O–H groups in total. The molecule has 0 atom stereocenters. The number of carboxylic acid groups (broad SMARTS) is 3. The van der Waals surface area contributed by atoms with Gasteiger partial charge in [-0.3, -0.25) is 0 Å². The molecule has 0 aliphatic carbocycles. The van der Waals surface area contributed by atoms with E-state index in [2.05, 4.69) is 4.98 Å². The standard InChI is InChI=1S/C8H5NO6.3Na/c10-6(11)3-1-4(7(12)13)9-5(2-3)8(14)15;;;/h1-2H,(H,10,11)(H,12,13)(H,14,15);;;/q;3*+1/p-3. The molecule has 0 unspecified atom stereocenters. The second-order valence-corrected chi connectivity index (χ2v) is 2.49. The molecule has 7 nitrogen and oxygen atoms in total. The molecule has 1 aromatic heterocycles. The first-order chi connectivity index (χ1) is 6.91. The van der Waals surface area contributed by atoms with Crippen molar-refractivity contribution in [3.8, 4) is 0 Å². The van der Waals surface area contributed by atoms with Crippen molar-refractivity contribution in [1.82, 2.24) is 4.98 Å². The molecular formula is C8H2NNa3O6. The van der Waals surface area contributed by atoms with Crippen LogP contribution in [0.3, 0.4) is 0 Å². The number of pyridine rings is 1. The average molecular weight is 277 g/mol. The van der Waals surface area contributed by atoms with Crippen LogP contribution in [0.5, 0.6) is 0 Å². The van der Waals surface area contributed by atoms with Gasteiger partial charge in [-0.25, -0.2) is 4.98 Å². The predicted molar refractivity (Wildman–Crippen MR) is 37.2 cm³/mol. The van der Waals surface area contributed by atoms with Crippen LogP contribution in [-0.2, 0) is 0 Å². The normalized spacial score (nSPS) is 8.00. The summed E-state index contributed by atoms with van der Waals surface area (Å²) in [6.07, 6.45) is 0. The van der Waals surface area contributed by atoms with Gasteiger partial charge in [-0.05, 0) is 12.1 Å². The van der Waals surface area contributed by atoms with Crippen LogP contribution in [0.1, 0.15) is 31.3 Å². The number of hydrogen-bond donors (Lipinski definition) is 0. The van der Waals surface area contributed by atoms with Gasteiger partial charge in [-0.2, -0.15) is 0 Å². The Bertz CT molecular complexity index is 385. The Balaban J connectivity index is -0.000000750. The zero-order valence-electron chi connectivity index (χ0n) is 10.1. The zero-order valence-corrected chi connectivity index (χ0v) is 16.1. The van der Waals surface area contributed by atoms with Crippen molar-refractivity contribution >= 4 is 17.9 Å². The van der Waals surface area contributed by atoms with E-state index in [9.17, 15) is 29.7 Å². The van der Waals surface area contributed by atoms with Crippen LogP contribution in [0, 0.1) is 0 Å². The van der Waals surface area contributed by atoms with Gasteiger partial charge < -0.3 is 29.7 Å². The van der Waals surface area contributed by atoms with E-state index < -0.39 is 34.9 Å². The summed E-state index contributed by atoms with van der Waals surface area (Å²) >= 11 is 0. The molecule has 0 amide bonds. The van der Waals surface area contributed by atoms with Gasteiger partial charge in [0, 0.05) is 5.56 Å². The molecular weight excluding hydrogens is 275 g/mol. The summed E-state index contributed by atoms with van der Waals surface area (Å²) in [4.78, 5) is 34.2. The number of aromatic nitrogens is 1. The van der Waals surface area contributed by atoms with E-state index in [4.69, 9.17) is 0 Å². The summed E-state index contributed by atoms with van der Waals surface area (Å²) < 4.78 is 0. The van der Waals surface area contributed by atoms with E-state index >= 15 is 0 Å². The van der Waals surface area contributed by atoms with Crippen molar-refractivity contribution in [2.75, 3.05) is 0 Å². The van der Waals surface area contributed by atoms with Crippen LogP contribution < -0.4 is 104 Å². The number of nitrogens with zero attached hydrogens (tertiary/aromatic N) is 1. The number of carboxylic acids is 3. The molecule has 1 heterocycles. The van der Waals surface area contributed by atoms with Crippen molar-refractivity contribution in [3.63, 3.8) is 0 Å². The molecule has 0 fully saturated rings. The molecule has 0 spiro atoms. The third kappa shape index (κ3) is 6.65. The summed E-state index contributed by atoms with van der Waals surface area (Å²) in [5, 5.41) is 31.1. The average Bonchev–Trinajstić information content (AvgIpc) is 2.16. The summed E-state index contributed by atoms with van der Waals surface area (Å²) in [6.45, 7) is 0.